The van der Waals surface area contributed by atoms with Gasteiger partial charge in [0.25, 0.3) is 0 Å². The van der Waals surface area contributed by atoms with Gasteiger partial charge >= 0.3 is 0 Å². The summed E-state index contributed by atoms with van der Waals surface area (Å²) < 4.78 is 0. The van der Waals surface area contributed by atoms with Gasteiger partial charge in [0.2, 0.25) is 0 Å². The van der Waals surface area contributed by atoms with Crippen molar-refractivity contribution in [3.05, 3.63) is 0 Å². The van der Waals surface area contributed by atoms with Crippen molar-refractivity contribution in [1.82, 2.24) is 9.80 Å². The Balaban J connectivity index is 2.22. The molecule has 0 saturated carbocycles. The number of alkyl halides is 1. The molecule has 1 aliphatic rings. The Labute approximate surface area is 103 Å². The molecule has 2 nitrogen and oxygen atoms in total. The normalized spacial score (nSPS) is 28.6. The Bertz CT molecular complexity index is 171. The van der Waals surface area contributed by atoms with Gasteiger partial charge in [0, 0.05) is 24.5 Å². The standard InChI is InChI=1S/C12H25BrN2/c1-4-14(5-2)8-9-15-7-6-11(3)12(13)10-15/h11-12H,4-10H2,1-3H3. The number of rotatable bonds is 5. The molecule has 2 unspecified atom stereocenters. The molecule has 0 aromatic carbocycles. The van der Waals surface area contributed by atoms with Crippen molar-refractivity contribution < 1.29 is 0 Å². The fraction of sp³-hybridized carbons (Fsp3) is 1.00. The second-order valence-corrected chi connectivity index (χ2v) is 5.79. The number of nitrogens with zero attached hydrogens (tertiary/aromatic N) is 2. The summed E-state index contributed by atoms with van der Waals surface area (Å²) in [6, 6.07) is 0. The van der Waals surface area contributed by atoms with Gasteiger partial charge in [-0.2, -0.15) is 0 Å². The molecule has 0 aliphatic carbocycles. The quantitative estimate of drug-likeness (QED) is 0.712. The zero-order valence-electron chi connectivity index (χ0n) is 10.4. The first kappa shape index (κ1) is 13.5. The third kappa shape index (κ3) is 4.41. The molecule has 3 heteroatoms. The molecule has 1 heterocycles. The van der Waals surface area contributed by atoms with Crippen LogP contribution in [0.1, 0.15) is 27.2 Å². The zero-order chi connectivity index (χ0) is 11.3. The second kappa shape index (κ2) is 6.87. The lowest BCUT2D eigenvalue weighted by Gasteiger charge is -2.35. The van der Waals surface area contributed by atoms with Crippen LogP contribution in [0.2, 0.25) is 0 Å². The molecule has 1 rings (SSSR count). The van der Waals surface area contributed by atoms with E-state index in [1.165, 1.54) is 45.7 Å². The van der Waals surface area contributed by atoms with Crippen molar-refractivity contribution in [2.45, 2.75) is 32.0 Å². The molecule has 0 aromatic heterocycles. The minimum atomic E-state index is 0.697. The van der Waals surface area contributed by atoms with E-state index in [1.807, 2.05) is 0 Å². The van der Waals surface area contributed by atoms with Gasteiger partial charge < -0.3 is 9.80 Å². The van der Waals surface area contributed by atoms with Crippen molar-refractivity contribution in [1.29, 1.82) is 0 Å². The van der Waals surface area contributed by atoms with Crippen LogP contribution in [0.3, 0.4) is 0 Å². The smallest absolute Gasteiger partial charge is 0.0299 e. The van der Waals surface area contributed by atoms with E-state index in [0.29, 0.717) is 4.83 Å². The highest BCUT2D eigenvalue weighted by atomic mass is 79.9. The van der Waals surface area contributed by atoms with Gasteiger partial charge in [-0.15, -0.1) is 0 Å². The summed E-state index contributed by atoms with van der Waals surface area (Å²) >= 11 is 3.78. The van der Waals surface area contributed by atoms with Crippen molar-refractivity contribution in [3.8, 4) is 0 Å². The van der Waals surface area contributed by atoms with Crippen LogP contribution in [0, 0.1) is 5.92 Å². The topological polar surface area (TPSA) is 6.48 Å². The molecule has 15 heavy (non-hydrogen) atoms. The Morgan fingerprint density at radius 2 is 2.00 bits per heavy atom. The predicted octanol–water partition coefficient (Wildman–Crippen LogP) is 2.43. The Morgan fingerprint density at radius 1 is 1.33 bits per heavy atom. The largest absolute Gasteiger partial charge is 0.303 e. The summed E-state index contributed by atoms with van der Waals surface area (Å²) in [7, 11) is 0. The lowest BCUT2D eigenvalue weighted by molar-refractivity contribution is 0.172. The zero-order valence-corrected chi connectivity index (χ0v) is 12.0. The minimum absolute atomic E-state index is 0.697. The summed E-state index contributed by atoms with van der Waals surface area (Å²) in [5, 5.41) is 0. The first-order chi connectivity index (χ1) is 7.17. The molecule has 0 aromatic rings. The third-order valence-corrected chi connectivity index (χ3v) is 4.77. The van der Waals surface area contributed by atoms with E-state index in [9.17, 15) is 0 Å². The van der Waals surface area contributed by atoms with E-state index >= 15 is 0 Å². The van der Waals surface area contributed by atoms with E-state index in [0.717, 1.165) is 5.92 Å². The van der Waals surface area contributed by atoms with E-state index in [4.69, 9.17) is 0 Å². The molecule has 0 amide bonds. The SMILES string of the molecule is CCN(CC)CCN1CCC(C)C(Br)C1. The molecule has 0 radical (unpaired) electrons. The third-order valence-electron chi connectivity index (χ3n) is 3.58. The maximum Gasteiger partial charge on any atom is 0.0299 e. The van der Waals surface area contributed by atoms with Crippen LogP contribution in [0.5, 0.6) is 0 Å². The highest BCUT2D eigenvalue weighted by Gasteiger charge is 2.23. The average molecular weight is 277 g/mol. The van der Waals surface area contributed by atoms with Crippen LogP contribution in [-0.2, 0) is 0 Å². The number of hydrogen-bond acceptors (Lipinski definition) is 2. The number of likely N-dealkylation sites (N-methyl/N-ethyl adjacent to an activating group) is 1. The molecule has 1 fully saturated rings. The number of halogens is 1. The summed E-state index contributed by atoms with van der Waals surface area (Å²) in [6.45, 7) is 14.2. The molecule has 0 N–H and O–H groups in total. The predicted molar refractivity (Wildman–Crippen MR) is 70.7 cm³/mol. The van der Waals surface area contributed by atoms with Crippen LogP contribution >= 0.6 is 15.9 Å². The van der Waals surface area contributed by atoms with Crippen molar-refractivity contribution in [2.24, 2.45) is 5.92 Å². The highest BCUT2D eigenvalue weighted by molar-refractivity contribution is 9.09. The number of hydrogen-bond donors (Lipinski definition) is 0. The molecular formula is C12H25BrN2. The van der Waals surface area contributed by atoms with Gasteiger partial charge in [-0.1, -0.05) is 36.7 Å². The summed E-state index contributed by atoms with van der Waals surface area (Å²) in [5.41, 5.74) is 0. The van der Waals surface area contributed by atoms with Gasteiger partial charge in [0.1, 0.15) is 0 Å². The van der Waals surface area contributed by atoms with Gasteiger partial charge in [0.05, 0.1) is 0 Å². The van der Waals surface area contributed by atoms with E-state index < -0.39 is 0 Å². The molecule has 2 atom stereocenters. The van der Waals surface area contributed by atoms with E-state index in [1.54, 1.807) is 0 Å². The number of likely N-dealkylation sites (tertiary alicyclic amines) is 1. The van der Waals surface area contributed by atoms with Gasteiger partial charge in [-0.05, 0) is 32.0 Å². The molecule has 1 aliphatic heterocycles. The van der Waals surface area contributed by atoms with Crippen LogP contribution in [-0.4, -0.2) is 53.9 Å². The van der Waals surface area contributed by atoms with Gasteiger partial charge in [0.15, 0.2) is 0 Å². The Kier molecular flexibility index (Phi) is 6.17. The average Bonchev–Trinajstić information content (AvgIpc) is 2.24. The fourth-order valence-corrected chi connectivity index (χ4v) is 2.78. The highest BCUT2D eigenvalue weighted by Crippen LogP contribution is 2.22. The van der Waals surface area contributed by atoms with Crippen molar-refractivity contribution in [2.75, 3.05) is 39.3 Å². The molecule has 90 valence electrons. The van der Waals surface area contributed by atoms with Crippen LogP contribution in [0.25, 0.3) is 0 Å². The van der Waals surface area contributed by atoms with Gasteiger partial charge in [-0.3, -0.25) is 0 Å². The van der Waals surface area contributed by atoms with Crippen LogP contribution < -0.4 is 0 Å². The van der Waals surface area contributed by atoms with Crippen molar-refractivity contribution >= 4 is 15.9 Å². The Morgan fingerprint density at radius 3 is 2.53 bits per heavy atom. The molecule has 0 bridgehead atoms. The van der Waals surface area contributed by atoms with E-state index in [2.05, 4.69) is 46.5 Å². The Hall–Kier alpha value is 0.400. The summed E-state index contributed by atoms with van der Waals surface area (Å²) in [4.78, 5) is 5.79. The second-order valence-electron chi connectivity index (χ2n) is 4.61. The maximum atomic E-state index is 3.78. The van der Waals surface area contributed by atoms with Crippen LogP contribution in [0.15, 0.2) is 0 Å². The van der Waals surface area contributed by atoms with Gasteiger partial charge in [-0.25, -0.2) is 0 Å². The molecular weight excluding hydrogens is 252 g/mol. The lowest BCUT2D eigenvalue weighted by Crippen LogP contribution is -2.43. The van der Waals surface area contributed by atoms with E-state index in [-0.39, 0.29) is 0 Å². The number of piperidine rings is 1. The lowest BCUT2D eigenvalue weighted by atomic mass is 9.99. The first-order valence-corrected chi connectivity index (χ1v) is 7.17. The minimum Gasteiger partial charge on any atom is -0.303 e. The summed E-state index contributed by atoms with van der Waals surface area (Å²) in [5.74, 6) is 0.842. The van der Waals surface area contributed by atoms with Crippen LogP contribution in [0.4, 0.5) is 0 Å². The maximum absolute atomic E-state index is 3.78. The van der Waals surface area contributed by atoms with Crippen molar-refractivity contribution in [3.63, 3.8) is 0 Å². The molecule has 0 spiro atoms. The molecule has 1 saturated heterocycles. The first-order valence-electron chi connectivity index (χ1n) is 6.26. The summed E-state index contributed by atoms with van der Waals surface area (Å²) in [6.07, 6.45) is 1.34. The fourth-order valence-electron chi connectivity index (χ4n) is 2.11. The monoisotopic (exact) mass is 276 g/mol.